The van der Waals surface area contributed by atoms with Crippen molar-refractivity contribution >= 4 is 17.6 Å². The number of carbonyl (C=O) groups excluding carboxylic acids is 2. The first-order valence-electron chi connectivity index (χ1n) is 7.44. The highest BCUT2D eigenvalue weighted by molar-refractivity contribution is 5.98. The molecule has 25 heavy (non-hydrogen) atoms. The summed E-state index contributed by atoms with van der Waals surface area (Å²) in [6.07, 6.45) is -1.06. The molecule has 0 unspecified atom stereocenters. The summed E-state index contributed by atoms with van der Waals surface area (Å²) in [7, 11) is 2.97. The third kappa shape index (κ3) is 4.69. The van der Waals surface area contributed by atoms with E-state index in [1.807, 2.05) is 0 Å². The summed E-state index contributed by atoms with van der Waals surface area (Å²) in [5.74, 6) is -0.756. The van der Waals surface area contributed by atoms with E-state index in [1.165, 1.54) is 33.3 Å². The van der Waals surface area contributed by atoms with Gasteiger partial charge in [0.05, 0.1) is 25.5 Å². The van der Waals surface area contributed by atoms with E-state index in [4.69, 9.17) is 14.2 Å². The maximum Gasteiger partial charge on any atom is 0.338 e. The number of benzene rings is 2. The van der Waals surface area contributed by atoms with Gasteiger partial charge < -0.3 is 19.5 Å². The number of nitrogens with one attached hydrogen (secondary N) is 1. The molecule has 0 bridgehead atoms. The van der Waals surface area contributed by atoms with E-state index < -0.39 is 23.8 Å². The third-order valence-electron chi connectivity index (χ3n) is 3.40. The molecule has 1 amide bonds. The van der Waals surface area contributed by atoms with Gasteiger partial charge in [-0.25, -0.2) is 9.18 Å². The van der Waals surface area contributed by atoms with Gasteiger partial charge in [-0.1, -0.05) is 0 Å². The summed E-state index contributed by atoms with van der Waals surface area (Å²) in [5.41, 5.74) is 0.538. The molecule has 0 radical (unpaired) electrons. The lowest BCUT2D eigenvalue weighted by atomic mass is 10.2. The number of hydrogen-bond donors (Lipinski definition) is 1. The molecule has 0 saturated carbocycles. The van der Waals surface area contributed by atoms with Crippen molar-refractivity contribution < 1.29 is 28.2 Å². The summed E-state index contributed by atoms with van der Waals surface area (Å²) < 4.78 is 28.3. The van der Waals surface area contributed by atoms with Crippen LogP contribution in [0, 0.1) is 5.82 Å². The number of rotatable bonds is 6. The molecule has 2 aromatic carbocycles. The highest BCUT2D eigenvalue weighted by Crippen LogP contribution is 2.29. The molecule has 0 aromatic heterocycles. The average molecular weight is 347 g/mol. The molecule has 0 saturated heterocycles. The first kappa shape index (κ1) is 18.3. The van der Waals surface area contributed by atoms with Gasteiger partial charge >= 0.3 is 5.97 Å². The maximum atomic E-state index is 12.9. The number of anilines is 1. The molecule has 2 aromatic rings. The van der Waals surface area contributed by atoms with Gasteiger partial charge in [0.25, 0.3) is 5.91 Å². The van der Waals surface area contributed by atoms with Crippen molar-refractivity contribution in [3.8, 4) is 11.5 Å². The van der Waals surface area contributed by atoms with Crippen molar-refractivity contribution in [2.24, 2.45) is 0 Å². The second kappa shape index (κ2) is 8.14. The first-order chi connectivity index (χ1) is 11.9. The fourth-order valence-electron chi connectivity index (χ4n) is 2.01. The van der Waals surface area contributed by atoms with E-state index in [9.17, 15) is 14.0 Å². The minimum atomic E-state index is -1.06. The van der Waals surface area contributed by atoms with Crippen LogP contribution in [-0.4, -0.2) is 32.2 Å². The number of ether oxygens (including phenoxy) is 3. The van der Waals surface area contributed by atoms with Gasteiger partial charge in [0.2, 0.25) is 0 Å². The molecule has 0 heterocycles. The predicted molar refractivity (Wildman–Crippen MR) is 89.5 cm³/mol. The van der Waals surface area contributed by atoms with Crippen molar-refractivity contribution in [2.75, 3.05) is 19.5 Å². The number of amides is 1. The Kier molecular flexibility index (Phi) is 5.94. The lowest BCUT2D eigenvalue weighted by Gasteiger charge is -2.16. The topological polar surface area (TPSA) is 73.9 Å². The average Bonchev–Trinajstić information content (AvgIpc) is 2.61. The van der Waals surface area contributed by atoms with Crippen LogP contribution < -0.4 is 14.8 Å². The number of methoxy groups -OCH3 is 2. The lowest BCUT2D eigenvalue weighted by molar-refractivity contribution is -0.123. The van der Waals surface area contributed by atoms with E-state index in [2.05, 4.69) is 5.32 Å². The monoisotopic (exact) mass is 347 g/mol. The Hall–Kier alpha value is -3.09. The second-order valence-electron chi connectivity index (χ2n) is 5.11. The Morgan fingerprint density at radius 3 is 2.32 bits per heavy atom. The number of hydrogen-bond acceptors (Lipinski definition) is 5. The first-order valence-corrected chi connectivity index (χ1v) is 7.44. The highest BCUT2D eigenvalue weighted by atomic mass is 19.1. The van der Waals surface area contributed by atoms with E-state index in [1.54, 1.807) is 18.2 Å². The van der Waals surface area contributed by atoms with Crippen molar-refractivity contribution in [1.29, 1.82) is 0 Å². The van der Waals surface area contributed by atoms with Crippen LogP contribution in [0.4, 0.5) is 10.1 Å². The van der Waals surface area contributed by atoms with E-state index in [0.29, 0.717) is 17.2 Å². The predicted octanol–water partition coefficient (Wildman–Crippen LogP) is 3.03. The molecule has 0 aliphatic carbocycles. The normalized spacial score (nSPS) is 11.4. The van der Waals surface area contributed by atoms with Gasteiger partial charge in [0.15, 0.2) is 6.10 Å². The van der Waals surface area contributed by atoms with Crippen LogP contribution in [0.15, 0.2) is 42.5 Å². The fourth-order valence-corrected chi connectivity index (χ4v) is 2.01. The summed E-state index contributed by atoms with van der Waals surface area (Å²) in [4.78, 5) is 24.2. The zero-order chi connectivity index (χ0) is 18.4. The summed E-state index contributed by atoms with van der Waals surface area (Å²) in [6, 6.07) is 9.77. The van der Waals surface area contributed by atoms with E-state index >= 15 is 0 Å². The van der Waals surface area contributed by atoms with Crippen LogP contribution >= 0.6 is 0 Å². The molecule has 1 atom stereocenters. The third-order valence-corrected chi connectivity index (χ3v) is 3.40. The molecule has 7 heteroatoms. The van der Waals surface area contributed by atoms with Gasteiger partial charge in [0, 0.05) is 6.07 Å². The largest absolute Gasteiger partial charge is 0.497 e. The van der Waals surface area contributed by atoms with Gasteiger partial charge in [-0.15, -0.1) is 0 Å². The number of carbonyl (C=O) groups is 2. The minimum Gasteiger partial charge on any atom is -0.497 e. The number of halogens is 1. The van der Waals surface area contributed by atoms with Crippen molar-refractivity contribution in [2.45, 2.75) is 13.0 Å². The molecular weight excluding hydrogens is 329 g/mol. The summed E-state index contributed by atoms with van der Waals surface area (Å²) >= 11 is 0. The SMILES string of the molecule is COc1ccc(OC)c(NC(=O)[C@H](C)OC(=O)c2ccc(F)cc2)c1. The van der Waals surface area contributed by atoms with Crippen LogP contribution in [0.25, 0.3) is 0 Å². The van der Waals surface area contributed by atoms with E-state index in [-0.39, 0.29) is 5.56 Å². The van der Waals surface area contributed by atoms with Crippen LogP contribution in [0.2, 0.25) is 0 Å². The van der Waals surface area contributed by atoms with E-state index in [0.717, 1.165) is 12.1 Å². The molecule has 0 spiro atoms. The number of esters is 1. The van der Waals surface area contributed by atoms with Crippen molar-refractivity contribution in [3.05, 3.63) is 53.8 Å². The molecule has 132 valence electrons. The molecule has 2 rings (SSSR count). The zero-order valence-corrected chi connectivity index (χ0v) is 14.0. The van der Waals surface area contributed by atoms with Gasteiger partial charge in [-0.05, 0) is 43.3 Å². The molecular formula is C18H18FNO5. The summed E-state index contributed by atoms with van der Waals surface area (Å²) in [6.45, 7) is 1.43. The van der Waals surface area contributed by atoms with Crippen molar-refractivity contribution in [1.82, 2.24) is 0 Å². The Morgan fingerprint density at radius 2 is 1.72 bits per heavy atom. The van der Waals surface area contributed by atoms with Gasteiger partial charge in [-0.3, -0.25) is 4.79 Å². The smallest absolute Gasteiger partial charge is 0.338 e. The zero-order valence-electron chi connectivity index (χ0n) is 14.0. The Balaban J connectivity index is 2.05. The second-order valence-corrected chi connectivity index (χ2v) is 5.11. The molecule has 0 fully saturated rings. The molecule has 0 aliphatic heterocycles. The molecule has 0 aliphatic rings. The van der Waals surface area contributed by atoms with Crippen LogP contribution in [0.1, 0.15) is 17.3 Å². The summed E-state index contributed by atoms with van der Waals surface area (Å²) in [5, 5.41) is 2.62. The molecule has 1 N–H and O–H groups in total. The Bertz CT molecular complexity index is 761. The van der Waals surface area contributed by atoms with Gasteiger partial charge in [-0.2, -0.15) is 0 Å². The standard InChI is InChI=1S/C18H18FNO5/c1-11(25-18(22)12-4-6-13(19)7-5-12)17(21)20-15-10-14(23-2)8-9-16(15)24-3/h4-11H,1-3H3,(H,20,21)/t11-/m0/s1. The maximum absolute atomic E-state index is 12.9. The van der Waals surface area contributed by atoms with Crippen molar-refractivity contribution in [3.63, 3.8) is 0 Å². The Morgan fingerprint density at radius 1 is 1.04 bits per heavy atom. The Labute approximate surface area is 144 Å². The fraction of sp³-hybridized carbons (Fsp3) is 0.222. The van der Waals surface area contributed by atoms with Crippen LogP contribution in [-0.2, 0) is 9.53 Å². The van der Waals surface area contributed by atoms with Gasteiger partial charge in [0.1, 0.15) is 17.3 Å². The quantitative estimate of drug-likeness (QED) is 0.813. The lowest BCUT2D eigenvalue weighted by Crippen LogP contribution is -2.30. The molecule has 6 nitrogen and oxygen atoms in total. The highest BCUT2D eigenvalue weighted by Gasteiger charge is 2.20. The minimum absolute atomic E-state index is 0.153. The van der Waals surface area contributed by atoms with Crippen LogP contribution in [0.5, 0.6) is 11.5 Å². The van der Waals surface area contributed by atoms with Crippen LogP contribution in [0.3, 0.4) is 0 Å².